The summed E-state index contributed by atoms with van der Waals surface area (Å²) in [5.41, 5.74) is 1.01. The van der Waals surface area contributed by atoms with Crippen LogP contribution in [0.4, 0.5) is 0 Å². The van der Waals surface area contributed by atoms with Crippen LogP contribution in [-0.2, 0) is 11.3 Å². The monoisotopic (exact) mass is 403 g/mol. The Labute approximate surface area is 170 Å². The Morgan fingerprint density at radius 1 is 1.36 bits per heavy atom. The van der Waals surface area contributed by atoms with E-state index in [0.29, 0.717) is 46.9 Å². The van der Waals surface area contributed by atoms with Crippen LogP contribution < -0.4 is 10.9 Å². The molecule has 7 heteroatoms. The van der Waals surface area contributed by atoms with Crippen LogP contribution >= 0.6 is 12.2 Å². The van der Waals surface area contributed by atoms with Crippen LogP contribution in [-0.4, -0.2) is 34.7 Å². The van der Waals surface area contributed by atoms with Crippen LogP contribution in [0.15, 0.2) is 23.0 Å². The van der Waals surface area contributed by atoms with Crippen molar-refractivity contribution in [1.82, 2.24) is 14.9 Å². The maximum atomic E-state index is 12.8. The number of nitrogens with zero attached hydrogens (tertiary/aromatic N) is 1. The van der Waals surface area contributed by atoms with Crippen LogP contribution in [0.1, 0.15) is 56.3 Å². The summed E-state index contributed by atoms with van der Waals surface area (Å²) in [6, 6.07) is 5.36. The third kappa shape index (κ3) is 4.70. The molecule has 1 fully saturated rings. The summed E-state index contributed by atoms with van der Waals surface area (Å²) in [6.45, 7) is 5.89. The Morgan fingerprint density at radius 2 is 2.14 bits per heavy atom. The van der Waals surface area contributed by atoms with Gasteiger partial charge in [0.1, 0.15) is 0 Å². The molecule has 1 amide bonds. The van der Waals surface area contributed by atoms with E-state index in [1.807, 2.05) is 6.92 Å². The number of amides is 1. The lowest BCUT2D eigenvalue weighted by Gasteiger charge is -2.29. The van der Waals surface area contributed by atoms with Crippen molar-refractivity contribution in [2.75, 3.05) is 13.2 Å². The van der Waals surface area contributed by atoms with Crippen molar-refractivity contribution in [2.45, 2.75) is 58.5 Å². The fourth-order valence-electron chi connectivity index (χ4n) is 3.85. The van der Waals surface area contributed by atoms with E-state index >= 15 is 0 Å². The molecule has 0 aliphatic heterocycles. The number of benzene rings is 1. The Kier molecular flexibility index (Phi) is 7.02. The zero-order valence-corrected chi connectivity index (χ0v) is 17.4. The zero-order chi connectivity index (χ0) is 20.1. The van der Waals surface area contributed by atoms with Gasteiger partial charge in [-0.15, -0.1) is 0 Å². The first-order valence-corrected chi connectivity index (χ1v) is 10.6. The first-order chi connectivity index (χ1) is 13.5. The normalized spacial score (nSPS) is 19.6. The van der Waals surface area contributed by atoms with Crippen molar-refractivity contribution in [2.24, 2.45) is 5.92 Å². The number of nitrogens with one attached hydrogen (secondary N) is 2. The summed E-state index contributed by atoms with van der Waals surface area (Å²) < 4.78 is 7.25. The lowest BCUT2D eigenvalue weighted by molar-refractivity contribution is 0.0910. The van der Waals surface area contributed by atoms with Crippen molar-refractivity contribution in [3.63, 3.8) is 0 Å². The van der Waals surface area contributed by atoms with Crippen LogP contribution in [0, 0.1) is 10.7 Å². The van der Waals surface area contributed by atoms with Crippen molar-refractivity contribution >= 4 is 29.0 Å². The van der Waals surface area contributed by atoms with E-state index in [4.69, 9.17) is 17.0 Å². The molecule has 1 heterocycles. The van der Waals surface area contributed by atoms with E-state index in [0.717, 1.165) is 25.7 Å². The molecule has 2 N–H and O–H groups in total. The number of rotatable bonds is 7. The molecule has 0 unspecified atom stereocenters. The SMILES string of the molecule is CCOCCCn1c(=S)[nH]c2cc(C(=O)N[C@H]3CCCC[C@H]3C)ccc2c1=O. The van der Waals surface area contributed by atoms with Gasteiger partial charge >= 0.3 is 0 Å². The fourth-order valence-corrected chi connectivity index (χ4v) is 4.13. The number of H-pyrrole nitrogens is 1. The second-order valence-corrected chi connectivity index (χ2v) is 7.93. The van der Waals surface area contributed by atoms with Crippen LogP contribution in [0.5, 0.6) is 0 Å². The fraction of sp³-hybridized carbons (Fsp3) is 0.571. The van der Waals surface area contributed by atoms with E-state index in [-0.39, 0.29) is 17.5 Å². The Hall–Kier alpha value is -1.99. The van der Waals surface area contributed by atoms with Gasteiger partial charge in [-0.25, -0.2) is 0 Å². The van der Waals surface area contributed by atoms with Crippen molar-refractivity contribution in [3.8, 4) is 0 Å². The number of ether oxygens (including phenoxy) is 1. The van der Waals surface area contributed by atoms with E-state index in [2.05, 4.69) is 17.2 Å². The van der Waals surface area contributed by atoms with Gasteiger partial charge in [-0.1, -0.05) is 19.8 Å². The van der Waals surface area contributed by atoms with Crippen LogP contribution in [0.3, 0.4) is 0 Å². The highest BCUT2D eigenvalue weighted by Gasteiger charge is 2.23. The molecule has 0 radical (unpaired) electrons. The number of aromatic amines is 1. The number of carbonyl (C=O) groups excluding carboxylic acids is 1. The molecule has 152 valence electrons. The van der Waals surface area contributed by atoms with Gasteiger partial charge < -0.3 is 15.0 Å². The summed E-state index contributed by atoms with van der Waals surface area (Å²) in [4.78, 5) is 28.6. The lowest BCUT2D eigenvalue weighted by atomic mass is 9.86. The van der Waals surface area contributed by atoms with Gasteiger partial charge in [-0.3, -0.25) is 14.2 Å². The van der Waals surface area contributed by atoms with Gasteiger partial charge in [-0.2, -0.15) is 0 Å². The molecule has 2 aromatic rings. The average molecular weight is 404 g/mol. The van der Waals surface area contributed by atoms with E-state index in [1.54, 1.807) is 22.8 Å². The molecule has 6 nitrogen and oxygen atoms in total. The Bertz CT molecular complexity index is 950. The average Bonchev–Trinajstić information content (AvgIpc) is 2.68. The molecule has 3 rings (SSSR count). The van der Waals surface area contributed by atoms with Gasteiger partial charge in [0.25, 0.3) is 11.5 Å². The highest BCUT2D eigenvalue weighted by molar-refractivity contribution is 7.71. The highest BCUT2D eigenvalue weighted by atomic mass is 32.1. The predicted molar refractivity (Wildman–Crippen MR) is 113 cm³/mol. The molecule has 28 heavy (non-hydrogen) atoms. The molecule has 0 bridgehead atoms. The molecular weight excluding hydrogens is 374 g/mol. The lowest BCUT2D eigenvalue weighted by Crippen LogP contribution is -2.41. The van der Waals surface area contributed by atoms with Gasteiger partial charge in [-0.05, 0) is 62.5 Å². The second-order valence-electron chi connectivity index (χ2n) is 7.54. The maximum absolute atomic E-state index is 12.8. The number of hydrogen-bond acceptors (Lipinski definition) is 4. The van der Waals surface area contributed by atoms with Gasteiger partial charge in [0.2, 0.25) is 0 Å². The van der Waals surface area contributed by atoms with Crippen LogP contribution in [0.2, 0.25) is 0 Å². The van der Waals surface area contributed by atoms with Gasteiger partial charge in [0.15, 0.2) is 4.77 Å². The smallest absolute Gasteiger partial charge is 0.262 e. The minimum atomic E-state index is -0.136. The largest absolute Gasteiger partial charge is 0.382 e. The second kappa shape index (κ2) is 9.47. The Balaban J connectivity index is 1.80. The quantitative estimate of drug-likeness (QED) is 0.545. The van der Waals surface area contributed by atoms with Gasteiger partial charge in [0.05, 0.1) is 10.9 Å². The number of aromatic nitrogens is 2. The molecule has 2 atom stereocenters. The van der Waals surface area contributed by atoms with Crippen molar-refractivity contribution in [1.29, 1.82) is 0 Å². The van der Waals surface area contributed by atoms with E-state index in [1.165, 1.54) is 6.42 Å². The highest BCUT2D eigenvalue weighted by Crippen LogP contribution is 2.24. The van der Waals surface area contributed by atoms with E-state index < -0.39 is 0 Å². The van der Waals surface area contributed by atoms with Crippen molar-refractivity contribution in [3.05, 3.63) is 38.9 Å². The molecular formula is C21H29N3O3S. The molecule has 0 spiro atoms. The molecule has 1 saturated carbocycles. The molecule has 1 aromatic carbocycles. The molecule has 1 aromatic heterocycles. The summed E-state index contributed by atoms with van der Waals surface area (Å²) in [5.74, 6) is 0.397. The first-order valence-electron chi connectivity index (χ1n) is 10.2. The number of hydrogen-bond donors (Lipinski definition) is 2. The summed E-state index contributed by atoms with van der Waals surface area (Å²) in [5, 5.41) is 3.69. The van der Waals surface area contributed by atoms with Gasteiger partial charge in [0, 0.05) is 31.4 Å². The zero-order valence-electron chi connectivity index (χ0n) is 16.6. The number of carbonyl (C=O) groups is 1. The third-order valence-corrected chi connectivity index (χ3v) is 5.87. The third-order valence-electron chi connectivity index (χ3n) is 5.55. The van der Waals surface area contributed by atoms with E-state index in [9.17, 15) is 9.59 Å². The summed E-state index contributed by atoms with van der Waals surface area (Å²) >= 11 is 5.37. The number of fused-ring (bicyclic) bond motifs is 1. The first kappa shape index (κ1) is 20.7. The maximum Gasteiger partial charge on any atom is 0.262 e. The standard InChI is InChI=1S/C21H29N3O3S/c1-3-27-12-6-11-24-20(26)16-10-9-15(13-18(16)23-21(24)28)19(25)22-17-8-5-4-7-14(17)2/h9-10,13-14,17H,3-8,11-12H2,1-2H3,(H,22,25)(H,23,28)/t14-,17+/m1/s1. The van der Waals surface area contributed by atoms with Crippen LogP contribution in [0.25, 0.3) is 10.9 Å². The Morgan fingerprint density at radius 3 is 2.89 bits per heavy atom. The molecule has 1 aliphatic rings. The molecule has 0 saturated heterocycles. The molecule has 1 aliphatic carbocycles. The minimum absolute atomic E-state index is 0.0964. The van der Waals surface area contributed by atoms with Crippen molar-refractivity contribution < 1.29 is 9.53 Å². The topological polar surface area (TPSA) is 76.1 Å². The minimum Gasteiger partial charge on any atom is -0.382 e. The summed E-state index contributed by atoms with van der Waals surface area (Å²) in [6.07, 6.45) is 5.28. The summed E-state index contributed by atoms with van der Waals surface area (Å²) in [7, 11) is 0. The predicted octanol–water partition coefficient (Wildman–Crippen LogP) is 3.79.